The quantitative estimate of drug-likeness (QED) is 0.907. The summed E-state index contributed by atoms with van der Waals surface area (Å²) in [6.45, 7) is 8.00. The van der Waals surface area contributed by atoms with Gasteiger partial charge in [-0.2, -0.15) is 4.98 Å². The van der Waals surface area contributed by atoms with Crippen molar-refractivity contribution >= 4 is 5.91 Å². The summed E-state index contributed by atoms with van der Waals surface area (Å²) in [5.74, 6) is 1.58. The van der Waals surface area contributed by atoms with E-state index in [0.717, 1.165) is 62.1 Å². The fourth-order valence-corrected chi connectivity index (χ4v) is 3.62. The SMILES string of the molecule is Cc1nc(C)c2c(n1)O[C@@H](CN1CCN(C(=O)c3ccc[nH]3)CC1)C2. The largest absolute Gasteiger partial charge is 0.472 e. The second kappa shape index (κ2) is 6.48. The third-order valence-electron chi connectivity index (χ3n) is 4.95. The Morgan fingerprint density at radius 2 is 2.08 bits per heavy atom. The number of piperazine rings is 1. The molecule has 7 nitrogen and oxygen atoms in total. The van der Waals surface area contributed by atoms with Crippen LogP contribution in [0.3, 0.4) is 0 Å². The first-order valence-corrected chi connectivity index (χ1v) is 8.76. The van der Waals surface area contributed by atoms with Crippen LogP contribution < -0.4 is 4.74 Å². The molecule has 4 rings (SSSR count). The molecule has 2 aliphatic rings. The van der Waals surface area contributed by atoms with Crippen LogP contribution >= 0.6 is 0 Å². The lowest BCUT2D eigenvalue weighted by Gasteiger charge is -2.35. The van der Waals surface area contributed by atoms with Gasteiger partial charge in [-0.05, 0) is 26.0 Å². The van der Waals surface area contributed by atoms with Crippen molar-refractivity contribution in [3.63, 3.8) is 0 Å². The smallest absolute Gasteiger partial charge is 0.270 e. The molecular formula is C18H23N5O2. The van der Waals surface area contributed by atoms with Gasteiger partial charge < -0.3 is 14.6 Å². The molecule has 1 saturated heterocycles. The van der Waals surface area contributed by atoms with E-state index in [9.17, 15) is 4.79 Å². The zero-order valence-electron chi connectivity index (χ0n) is 14.7. The van der Waals surface area contributed by atoms with E-state index >= 15 is 0 Å². The second-order valence-electron chi connectivity index (χ2n) is 6.76. The van der Waals surface area contributed by atoms with Crippen molar-refractivity contribution in [1.29, 1.82) is 0 Å². The molecule has 132 valence electrons. The summed E-state index contributed by atoms with van der Waals surface area (Å²) >= 11 is 0. The highest BCUT2D eigenvalue weighted by Gasteiger charge is 2.30. The number of carbonyl (C=O) groups is 1. The topological polar surface area (TPSA) is 74.4 Å². The highest BCUT2D eigenvalue weighted by Crippen LogP contribution is 2.29. The number of rotatable bonds is 3. The van der Waals surface area contributed by atoms with E-state index < -0.39 is 0 Å². The Bertz CT molecular complexity index is 766. The number of aryl methyl sites for hydroxylation is 2. The van der Waals surface area contributed by atoms with Crippen molar-refractivity contribution in [3.8, 4) is 5.88 Å². The van der Waals surface area contributed by atoms with E-state index in [-0.39, 0.29) is 12.0 Å². The number of aromatic amines is 1. The molecule has 25 heavy (non-hydrogen) atoms. The molecule has 4 heterocycles. The van der Waals surface area contributed by atoms with Crippen LogP contribution in [0.1, 0.15) is 27.6 Å². The van der Waals surface area contributed by atoms with E-state index in [2.05, 4.69) is 19.9 Å². The maximum absolute atomic E-state index is 12.4. The van der Waals surface area contributed by atoms with Crippen LogP contribution in [-0.2, 0) is 6.42 Å². The number of nitrogens with one attached hydrogen (secondary N) is 1. The lowest BCUT2D eigenvalue weighted by atomic mass is 10.1. The minimum absolute atomic E-state index is 0.0792. The van der Waals surface area contributed by atoms with Gasteiger partial charge in [-0.25, -0.2) is 4.98 Å². The lowest BCUT2D eigenvalue weighted by molar-refractivity contribution is 0.0572. The first-order chi connectivity index (χ1) is 12.1. The van der Waals surface area contributed by atoms with Crippen LogP contribution in [0.25, 0.3) is 0 Å². The molecule has 1 N–H and O–H groups in total. The van der Waals surface area contributed by atoms with Gasteiger partial charge in [-0.1, -0.05) is 0 Å². The predicted molar refractivity (Wildman–Crippen MR) is 92.8 cm³/mol. The fourth-order valence-electron chi connectivity index (χ4n) is 3.62. The Balaban J connectivity index is 1.31. The second-order valence-corrected chi connectivity index (χ2v) is 6.76. The third kappa shape index (κ3) is 3.24. The lowest BCUT2D eigenvalue weighted by Crippen LogP contribution is -2.50. The van der Waals surface area contributed by atoms with Gasteiger partial charge in [0.05, 0.1) is 0 Å². The number of hydrogen-bond acceptors (Lipinski definition) is 5. The first-order valence-electron chi connectivity index (χ1n) is 8.76. The monoisotopic (exact) mass is 341 g/mol. The van der Waals surface area contributed by atoms with E-state index in [1.165, 1.54) is 0 Å². The first kappa shape index (κ1) is 16.1. The number of ether oxygens (including phenoxy) is 1. The van der Waals surface area contributed by atoms with Gasteiger partial charge >= 0.3 is 0 Å². The zero-order chi connectivity index (χ0) is 17.4. The highest BCUT2D eigenvalue weighted by molar-refractivity contribution is 5.92. The van der Waals surface area contributed by atoms with Crippen LogP contribution in [-0.4, -0.2) is 69.5 Å². The Morgan fingerprint density at radius 3 is 2.80 bits per heavy atom. The molecule has 1 atom stereocenters. The normalized spacial score (nSPS) is 20.4. The molecule has 0 radical (unpaired) electrons. The molecule has 0 aromatic carbocycles. The maximum atomic E-state index is 12.4. The molecule has 0 bridgehead atoms. The molecule has 0 saturated carbocycles. The van der Waals surface area contributed by atoms with Gasteiger partial charge in [0.2, 0.25) is 5.88 Å². The van der Waals surface area contributed by atoms with E-state index in [1.807, 2.05) is 30.9 Å². The minimum Gasteiger partial charge on any atom is -0.472 e. The Morgan fingerprint density at radius 1 is 1.28 bits per heavy atom. The number of aromatic nitrogens is 3. The summed E-state index contributed by atoms with van der Waals surface area (Å²) in [5.41, 5.74) is 2.81. The van der Waals surface area contributed by atoms with Gasteiger partial charge in [0, 0.05) is 56.6 Å². The van der Waals surface area contributed by atoms with Crippen LogP contribution in [0.5, 0.6) is 5.88 Å². The number of nitrogens with zero attached hydrogens (tertiary/aromatic N) is 4. The third-order valence-corrected chi connectivity index (χ3v) is 4.95. The molecule has 0 spiro atoms. The van der Waals surface area contributed by atoms with Crippen LogP contribution in [0.15, 0.2) is 18.3 Å². The average molecular weight is 341 g/mol. The molecule has 1 fully saturated rings. The zero-order valence-corrected chi connectivity index (χ0v) is 14.7. The summed E-state index contributed by atoms with van der Waals surface area (Å²) in [5, 5.41) is 0. The fraction of sp³-hybridized carbons (Fsp3) is 0.500. The molecule has 1 amide bonds. The molecule has 2 aromatic rings. The van der Waals surface area contributed by atoms with Gasteiger partial charge in [-0.15, -0.1) is 0 Å². The highest BCUT2D eigenvalue weighted by atomic mass is 16.5. The minimum atomic E-state index is 0.0792. The molecule has 0 aliphatic carbocycles. The number of H-pyrrole nitrogens is 1. The van der Waals surface area contributed by atoms with Gasteiger partial charge in [0.25, 0.3) is 5.91 Å². The van der Waals surface area contributed by atoms with Crippen molar-refractivity contribution in [3.05, 3.63) is 41.1 Å². The predicted octanol–water partition coefficient (Wildman–Crippen LogP) is 1.18. The van der Waals surface area contributed by atoms with Crippen molar-refractivity contribution < 1.29 is 9.53 Å². The summed E-state index contributed by atoms with van der Waals surface area (Å²) in [6.07, 6.45) is 2.77. The molecule has 0 unspecified atom stereocenters. The summed E-state index contributed by atoms with van der Waals surface area (Å²) in [4.78, 5) is 28.5. The number of fused-ring (bicyclic) bond motifs is 1. The standard InChI is InChI=1S/C18H23N5O2/c1-12-15-10-14(25-17(15)21-13(2)20-12)11-22-6-8-23(9-7-22)18(24)16-4-3-5-19-16/h3-5,14,19H,6-11H2,1-2H3/t14-/m1/s1. The van der Waals surface area contributed by atoms with Crippen LogP contribution in [0.2, 0.25) is 0 Å². The van der Waals surface area contributed by atoms with Gasteiger partial charge in [0.15, 0.2) is 0 Å². The summed E-state index contributed by atoms with van der Waals surface area (Å²) in [7, 11) is 0. The Hall–Kier alpha value is -2.41. The number of hydrogen-bond donors (Lipinski definition) is 1. The maximum Gasteiger partial charge on any atom is 0.270 e. The van der Waals surface area contributed by atoms with Crippen LogP contribution in [0.4, 0.5) is 0 Å². The van der Waals surface area contributed by atoms with Crippen molar-refractivity contribution in [2.24, 2.45) is 0 Å². The summed E-state index contributed by atoms with van der Waals surface area (Å²) < 4.78 is 6.03. The Kier molecular flexibility index (Phi) is 4.17. The molecule has 2 aromatic heterocycles. The van der Waals surface area contributed by atoms with Crippen molar-refractivity contribution in [1.82, 2.24) is 24.8 Å². The average Bonchev–Trinajstić information content (AvgIpc) is 3.24. The molecular weight excluding hydrogens is 318 g/mol. The van der Waals surface area contributed by atoms with Gasteiger partial charge in [0.1, 0.15) is 17.6 Å². The van der Waals surface area contributed by atoms with Crippen molar-refractivity contribution in [2.75, 3.05) is 32.7 Å². The van der Waals surface area contributed by atoms with E-state index in [0.29, 0.717) is 5.69 Å². The molecule has 2 aliphatic heterocycles. The number of amides is 1. The molecule has 7 heteroatoms. The summed E-state index contributed by atoms with van der Waals surface area (Å²) in [6, 6.07) is 3.68. The van der Waals surface area contributed by atoms with Crippen LogP contribution in [0, 0.1) is 13.8 Å². The Labute approximate surface area is 147 Å². The van der Waals surface area contributed by atoms with E-state index in [4.69, 9.17) is 4.74 Å². The van der Waals surface area contributed by atoms with Crippen molar-refractivity contribution in [2.45, 2.75) is 26.4 Å². The number of carbonyl (C=O) groups excluding carboxylic acids is 1. The van der Waals surface area contributed by atoms with E-state index in [1.54, 1.807) is 6.20 Å². The van der Waals surface area contributed by atoms with Gasteiger partial charge in [-0.3, -0.25) is 9.69 Å².